The van der Waals surface area contributed by atoms with E-state index in [-0.39, 0.29) is 0 Å². The summed E-state index contributed by atoms with van der Waals surface area (Å²) in [5, 5.41) is 16.6. The summed E-state index contributed by atoms with van der Waals surface area (Å²) in [6.45, 7) is 5.15. The molecule has 7 nitrogen and oxygen atoms in total. The van der Waals surface area contributed by atoms with Gasteiger partial charge in [0.25, 0.3) is 0 Å². The van der Waals surface area contributed by atoms with Crippen LogP contribution in [0.15, 0.2) is 36.5 Å². The van der Waals surface area contributed by atoms with Crippen molar-refractivity contribution < 1.29 is 9.47 Å². The van der Waals surface area contributed by atoms with Gasteiger partial charge in [0, 0.05) is 48.9 Å². The van der Waals surface area contributed by atoms with Crippen LogP contribution in [0.4, 0.5) is 0 Å². The molecule has 0 amide bonds. The third kappa shape index (κ3) is 3.48. The highest BCUT2D eigenvalue weighted by Crippen LogP contribution is 2.41. The Morgan fingerprint density at radius 3 is 2.90 bits per heavy atom. The van der Waals surface area contributed by atoms with Crippen molar-refractivity contribution in [3.05, 3.63) is 53.3 Å². The first-order valence-corrected chi connectivity index (χ1v) is 9.82. The van der Waals surface area contributed by atoms with E-state index in [9.17, 15) is 0 Å². The number of morpholine rings is 1. The van der Waals surface area contributed by atoms with Gasteiger partial charge in [-0.25, -0.2) is 4.98 Å². The van der Waals surface area contributed by atoms with Gasteiger partial charge in [-0.15, -0.1) is 0 Å². The number of ether oxygens (including phenoxy) is 2. The molecule has 0 unspecified atom stereocenters. The van der Waals surface area contributed by atoms with E-state index in [1.807, 2.05) is 18.2 Å². The lowest BCUT2D eigenvalue weighted by Crippen LogP contribution is -2.38. The van der Waals surface area contributed by atoms with Crippen molar-refractivity contribution >= 4 is 0 Å². The number of aromatic amines is 1. The molecule has 1 N–H and O–H groups in total. The molecular weight excluding hydrogens is 366 g/mol. The molecule has 5 rings (SSSR count). The van der Waals surface area contributed by atoms with Crippen LogP contribution in [0, 0.1) is 11.3 Å². The van der Waals surface area contributed by atoms with Crippen LogP contribution in [0.5, 0.6) is 5.75 Å². The topological polar surface area (TPSA) is 87.1 Å². The molecule has 0 bridgehead atoms. The summed E-state index contributed by atoms with van der Waals surface area (Å²) in [4.78, 5) is 6.53. The predicted molar refractivity (Wildman–Crippen MR) is 108 cm³/mol. The molecule has 1 aliphatic heterocycles. The number of H-pyrrole nitrogens is 1. The number of benzene rings is 1. The van der Waals surface area contributed by atoms with E-state index in [1.165, 1.54) is 11.1 Å². The Bertz CT molecular complexity index is 1060. The smallest absolute Gasteiger partial charge is 0.140 e. The van der Waals surface area contributed by atoms with Gasteiger partial charge in [-0.1, -0.05) is 0 Å². The molecule has 1 aliphatic carbocycles. The van der Waals surface area contributed by atoms with Gasteiger partial charge in [0.2, 0.25) is 0 Å². The fourth-order valence-electron chi connectivity index (χ4n) is 3.96. The van der Waals surface area contributed by atoms with Gasteiger partial charge in [0.15, 0.2) is 0 Å². The van der Waals surface area contributed by atoms with E-state index < -0.39 is 0 Å². The van der Waals surface area contributed by atoms with Crippen LogP contribution in [-0.2, 0) is 11.2 Å². The average Bonchev–Trinajstić information content (AvgIpc) is 3.33. The minimum absolute atomic E-state index is 0.406. The number of hydrogen-bond acceptors (Lipinski definition) is 6. The third-order valence-corrected chi connectivity index (χ3v) is 5.51. The number of nitrogens with zero attached hydrogens (tertiary/aromatic N) is 4. The zero-order chi connectivity index (χ0) is 19.6. The monoisotopic (exact) mass is 387 g/mol. The Hall–Kier alpha value is -3.21. The van der Waals surface area contributed by atoms with Crippen LogP contribution in [0.2, 0.25) is 0 Å². The highest BCUT2D eigenvalue weighted by atomic mass is 16.5. The SMILES string of the molecule is N#Cc1ccc(-c2n[nH]c3c2Cc2cc(OCCN4CCOCC4)ccc2-3)cn1. The first-order valence-electron chi connectivity index (χ1n) is 9.82. The van der Waals surface area contributed by atoms with E-state index in [2.05, 4.69) is 32.2 Å². The molecule has 0 saturated carbocycles. The Labute approximate surface area is 168 Å². The second kappa shape index (κ2) is 7.66. The summed E-state index contributed by atoms with van der Waals surface area (Å²) in [5.74, 6) is 0.900. The standard InChI is InChI=1S/C22H21N5O2/c23-13-17-2-1-15(14-24-17)21-20-12-16-11-18(3-4-19(16)22(20)26-25-21)29-10-7-27-5-8-28-9-6-27/h1-4,11,14H,5-10,12H2,(H,25,26). The molecule has 1 fully saturated rings. The number of aromatic nitrogens is 3. The quantitative estimate of drug-likeness (QED) is 0.566. The van der Waals surface area contributed by atoms with Gasteiger partial charge in [-0.2, -0.15) is 10.4 Å². The van der Waals surface area contributed by atoms with Crippen molar-refractivity contribution in [1.29, 1.82) is 5.26 Å². The maximum Gasteiger partial charge on any atom is 0.140 e. The molecule has 3 aromatic rings. The van der Waals surface area contributed by atoms with E-state index in [0.717, 1.165) is 67.5 Å². The summed E-state index contributed by atoms with van der Waals surface area (Å²) in [5.41, 5.74) is 6.83. The van der Waals surface area contributed by atoms with Crippen LogP contribution < -0.4 is 4.74 Å². The van der Waals surface area contributed by atoms with Crippen molar-refractivity contribution in [2.45, 2.75) is 6.42 Å². The lowest BCUT2D eigenvalue weighted by molar-refractivity contribution is 0.0322. The Kier molecular flexibility index (Phi) is 4.72. The minimum atomic E-state index is 0.406. The summed E-state index contributed by atoms with van der Waals surface area (Å²) in [6, 6.07) is 11.9. The Morgan fingerprint density at radius 2 is 2.10 bits per heavy atom. The molecule has 7 heteroatoms. The summed E-state index contributed by atoms with van der Waals surface area (Å²) in [6.07, 6.45) is 2.51. The van der Waals surface area contributed by atoms with E-state index in [0.29, 0.717) is 12.3 Å². The van der Waals surface area contributed by atoms with Gasteiger partial charge in [-0.3, -0.25) is 10.00 Å². The van der Waals surface area contributed by atoms with Crippen molar-refractivity contribution in [1.82, 2.24) is 20.1 Å². The van der Waals surface area contributed by atoms with Crippen molar-refractivity contribution in [2.75, 3.05) is 39.5 Å². The second-order valence-corrected chi connectivity index (χ2v) is 7.27. The van der Waals surface area contributed by atoms with E-state index in [1.54, 1.807) is 12.3 Å². The van der Waals surface area contributed by atoms with Gasteiger partial charge in [-0.05, 0) is 35.9 Å². The molecule has 0 radical (unpaired) electrons. The molecule has 146 valence electrons. The molecule has 1 aromatic carbocycles. The van der Waals surface area contributed by atoms with Crippen molar-refractivity contribution in [3.8, 4) is 34.3 Å². The first kappa shape index (κ1) is 17.9. The number of pyridine rings is 1. The number of nitrogens with one attached hydrogen (secondary N) is 1. The minimum Gasteiger partial charge on any atom is -0.492 e. The Balaban J connectivity index is 1.29. The molecular formula is C22H21N5O2. The number of nitriles is 1. The van der Waals surface area contributed by atoms with Crippen LogP contribution in [0.3, 0.4) is 0 Å². The van der Waals surface area contributed by atoms with Crippen LogP contribution in [-0.4, -0.2) is 59.5 Å². The Morgan fingerprint density at radius 1 is 1.21 bits per heavy atom. The fourth-order valence-corrected chi connectivity index (χ4v) is 3.96. The van der Waals surface area contributed by atoms with Crippen molar-refractivity contribution in [2.24, 2.45) is 0 Å². The number of hydrogen-bond donors (Lipinski definition) is 1. The highest BCUT2D eigenvalue weighted by Gasteiger charge is 2.25. The normalized spacial score (nSPS) is 15.6. The molecule has 0 atom stereocenters. The lowest BCUT2D eigenvalue weighted by atomic mass is 10.1. The van der Waals surface area contributed by atoms with E-state index >= 15 is 0 Å². The molecule has 2 aromatic heterocycles. The van der Waals surface area contributed by atoms with Crippen LogP contribution in [0.1, 0.15) is 16.8 Å². The predicted octanol–water partition coefficient (Wildman–Crippen LogP) is 2.63. The highest BCUT2D eigenvalue weighted by molar-refractivity contribution is 5.81. The number of rotatable bonds is 5. The summed E-state index contributed by atoms with van der Waals surface area (Å²) in [7, 11) is 0. The number of fused-ring (bicyclic) bond motifs is 3. The zero-order valence-corrected chi connectivity index (χ0v) is 16.0. The van der Waals surface area contributed by atoms with Gasteiger partial charge >= 0.3 is 0 Å². The van der Waals surface area contributed by atoms with Gasteiger partial charge in [0.05, 0.1) is 24.6 Å². The average molecular weight is 387 g/mol. The maximum atomic E-state index is 8.94. The van der Waals surface area contributed by atoms with E-state index in [4.69, 9.17) is 14.7 Å². The van der Waals surface area contributed by atoms with Gasteiger partial charge < -0.3 is 9.47 Å². The summed E-state index contributed by atoms with van der Waals surface area (Å²) >= 11 is 0. The maximum absolute atomic E-state index is 8.94. The largest absolute Gasteiger partial charge is 0.492 e. The second-order valence-electron chi connectivity index (χ2n) is 7.27. The third-order valence-electron chi connectivity index (χ3n) is 5.51. The molecule has 29 heavy (non-hydrogen) atoms. The zero-order valence-electron chi connectivity index (χ0n) is 16.0. The lowest BCUT2D eigenvalue weighted by Gasteiger charge is -2.26. The molecule has 3 heterocycles. The fraction of sp³-hybridized carbons (Fsp3) is 0.318. The molecule has 1 saturated heterocycles. The van der Waals surface area contributed by atoms with Crippen LogP contribution in [0.25, 0.3) is 22.5 Å². The molecule has 0 spiro atoms. The first-order chi connectivity index (χ1) is 14.3. The van der Waals surface area contributed by atoms with Gasteiger partial charge in [0.1, 0.15) is 24.1 Å². The summed E-state index contributed by atoms with van der Waals surface area (Å²) < 4.78 is 11.4. The van der Waals surface area contributed by atoms with Crippen LogP contribution >= 0.6 is 0 Å². The van der Waals surface area contributed by atoms with Crippen molar-refractivity contribution in [3.63, 3.8) is 0 Å². The molecule has 2 aliphatic rings.